The monoisotopic (exact) mass is 361 g/mol. The molecule has 7 heteroatoms. The van der Waals surface area contributed by atoms with Crippen LogP contribution < -0.4 is 15.4 Å². The van der Waals surface area contributed by atoms with E-state index >= 15 is 0 Å². The van der Waals surface area contributed by atoms with Gasteiger partial charge in [0.1, 0.15) is 0 Å². The third-order valence-electron chi connectivity index (χ3n) is 3.67. The van der Waals surface area contributed by atoms with Crippen molar-refractivity contribution < 1.29 is 13.2 Å². The molecule has 0 aliphatic heterocycles. The van der Waals surface area contributed by atoms with Crippen LogP contribution in [0.5, 0.6) is 0 Å². The van der Waals surface area contributed by atoms with Crippen molar-refractivity contribution in [3.8, 4) is 0 Å². The minimum atomic E-state index is -3.32. The van der Waals surface area contributed by atoms with Crippen LogP contribution in [-0.2, 0) is 16.4 Å². The van der Waals surface area contributed by atoms with Gasteiger partial charge in [0.2, 0.25) is 10.0 Å². The Kier molecular flexibility index (Phi) is 6.41. The second-order valence-corrected chi connectivity index (χ2v) is 7.66. The number of urea groups is 1. The summed E-state index contributed by atoms with van der Waals surface area (Å²) in [5.41, 5.74) is 3.01. The first kappa shape index (κ1) is 18.8. The van der Waals surface area contributed by atoms with Crippen molar-refractivity contribution in [2.24, 2.45) is 0 Å². The maximum atomic E-state index is 11.9. The Morgan fingerprint density at radius 2 is 1.80 bits per heavy atom. The number of benzene rings is 2. The molecule has 0 aliphatic rings. The summed E-state index contributed by atoms with van der Waals surface area (Å²) in [7, 11) is -3.32. The van der Waals surface area contributed by atoms with E-state index in [-0.39, 0.29) is 11.8 Å². The Balaban J connectivity index is 1.87. The molecule has 0 radical (unpaired) electrons. The van der Waals surface area contributed by atoms with Gasteiger partial charge in [0.15, 0.2) is 0 Å². The standard InChI is InChI=1S/C18H23N3O3S/c1-3-25(23,24)21-17-10-9-16(13-14(17)2)20-18(22)19-12-11-15-7-5-4-6-8-15/h4-10,13,21H,3,11-12H2,1-2H3,(H2,19,20,22). The molecule has 2 aromatic carbocycles. The molecular formula is C18H23N3O3S. The highest BCUT2D eigenvalue weighted by Crippen LogP contribution is 2.20. The number of anilines is 2. The summed E-state index contributed by atoms with van der Waals surface area (Å²) in [6.45, 7) is 3.89. The molecule has 0 spiro atoms. The van der Waals surface area contributed by atoms with Crippen molar-refractivity contribution in [1.29, 1.82) is 0 Å². The van der Waals surface area contributed by atoms with Crippen LogP contribution in [0.15, 0.2) is 48.5 Å². The summed E-state index contributed by atoms with van der Waals surface area (Å²) in [5.74, 6) is 0.0102. The summed E-state index contributed by atoms with van der Waals surface area (Å²) < 4.78 is 25.8. The molecule has 2 amide bonds. The lowest BCUT2D eigenvalue weighted by molar-refractivity contribution is 0.252. The van der Waals surface area contributed by atoms with Crippen LogP contribution in [0.25, 0.3) is 0 Å². The third kappa shape index (κ3) is 6.11. The average Bonchev–Trinajstić information content (AvgIpc) is 2.58. The van der Waals surface area contributed by atoms with Crippen LogP contribution in [0.3, 0.4) is 0 Å². The molecule has 134 valence electrons. The van der Waals surface area contributed by atoms with Gasteiger partial charge in [-0.05, 0) is 49.6 Å². The summed E-state index contributed by atoms with van der Waals surface area (Å²) in [6.07, 6.45) is 0.755. The topological polar surface area (TPSA) is 87.3 Å². The van der Waals surface area contributed by atoms with Crippen LogP contribution in [0, 0.1) is 6.92 Å². The Labute approximate surface area is 148 Å². The predicted octanol–water partition coefficient (Wildman–Crippen LogP) is 3.12. The lowest BCUT2D eigenvalue weighted by atomic mass is 10.1. The van der Waals surface area contributed by atoms with Gasteiger partial charge in [-0.1, -0.05) is 30.3 Å². The van der Waals surface area contributed by atoms with E-state index in [1.165, 1.54) is 0 Å². The van der Waals surface area contributed by atoms with Crippen LogP contribution in [-0.4, -0.2) is 26.7 Å². The SMILES string of the molecule is CCS(=O)(=O)Nc1ccc(NC(=O)NCCc2ccccc2)cc1C. The van der Waals surface area contributed by atoms with Gasteiger partial charge in [0, 0.05) is 12.2 Å². The number of hydrogen-bond acceptors (Lipinski definition) is 3. The van der Waals surface area contributed by atoms with Gasteiger partial charge in [0.25, 0.3) is 0 Å². The molecule has 0 fully saturated rings. The summed E-state index contributed by atoms with van der Waals surface area (Å²) in [4.78, 5) is 11.9. The highest BCUT2D eigenvalue weighted by atomic mass is 32.2. The highest BCUT2D eigenvalue weighted by molar-refractivity contribution is 7.92. The summed E-state index contributed by atoms with van der Waals surface area (Å²) >= 11 is 0. The lowest BCUT2D eigenvalue weighted by Gasteiger charge is -2.12. The fourth-order valence-electron chi connectivity index (χ4n) is 2.24. The first-order chi connectivity index (χ1) is 11.9. The largest absolute Gasteiger partial charge is 0.338 e. The molecule has 0 atom stereocenters. The van der Waals surface area contributed by atoms with Gasteiger partial charge in [-0.2, -0.15) is 0 Å². The van der Waals surface area contributed by atoms with Gasteiger partial charge in [0.05, 0.1) is 11.4 Å². The van der Waals surface area contributed by atoms with Gasteiger partial charge >= 0.3 is 6.03 Å². The zero-order valence-electron chi connectivity index (χ0n) is 14.4. The smallest absolute Gasteiger partial charge is 0.319 e. The van der Waals surface area contributed by atoms with Crippen LogP contribution in [0.2, 0.25) is 0 Å². The molecule has 0 saturated heterocycles. The van der Waals surface area contributed by atoms with Crippen LogP contribution >= 0.6 is 0 Å². The summed E-state index contributed by atoms with van der Waals surface area (Å²) in [6, 6.07) is 14.6. The normalized spacial score (nSPS) is 11.0. The van der Waals surface area contributed by atoms with E-state index < -0.39 is 10.0 Å². The van der Waals surface area contributed by atoms with Crippen molar-refractivity contribution in [2.45, 2.75) is 20.3 Å². The highest BCUT2D eigenvalue weighted by Gasteiger charge is 2.10. The maximum Gasteiger partial charge on any atom is 0.319 e. The van der Waals surface area contributed by atoms with E-state index in [1.54, 1.807) is 32.0 Å². The van der Waals surface area contributed by atoms with Crippen LogP contribution in [0.1, 0.15) is 18.1 Å². The Morgan fingerprint density at radius 1 is 1.08 bits per heavy atom. The Morgan fingerprint density at radius 3 is 2.44 bits per heavy atom. The number of rotatable bonds is 7. The van der Waals surface area contributed by atoms with Crippen LogP contribution in [0.4, 0.5) is 16.2 Å². The van der Waals surface area contributed by atoms with E-state index in [0.29, 0.717) is 17.9 Å². The van der Waals surface area contributed by atoms with E-state index in [2.05, 4.69) is 15.4 Å². The van der Waals surface area contributed by atoms with Crippen molar-refractivity contribution >= 4 is 27.4 Å². The molecule has 2 aromatic rings. The van der Waals surface area contributed by atoms with Crippen molar-refractivity contribution in [3.05, 3.63) is 59.7 Å². The first-order valence-corrected chi connectivity index (χ1v) is 9.75. The minimum Gasteiger partial charge on any atom is -0.338 e. The fraction of sp³-hybridized carbons (Fsp3) is 0.278. The molecule has 3 N–H and O–H groups in total. The van der Waals surface area contributed by atoms with Gasteiger partial charge in [-0.25, -0.2) is 13.2 Å². The lowest BCUT2D eigenvalue weighted by Crippen LogP contribution is -2.30. The van der Waals surface area contributed by atoms with E-state index in [0.717, 1.165) is 17.5 Å². The second kappa shape index (κ2) is 8.53. The van der Waals surface area contributed by atoms with E-state index in [1.807, 2.05) is 30.3 Å². The number of carbonyl (C=O) groups is 1. The van der Waals surface area contributed by atoms with E-state index in [9.17, 15) is 13.2 Å². The van der Waals surface area contributed by atoms with Crippen molar-refractivity contribution in [2.75, 3.05) is 22.3 Å². The second-order valence-electron chi connectivity index (χ2n) is 5.65. The van der Waals surface area contributed by atoms with Gasteiger partial charge < -0.3 is 10.6 Å². The molecule has 6 nitrogen and oxygen atoms in total. The molecule has 0 unspecified atom stereocenters. The number of aryl methyl sites for hydroxylation is 1. The quantitative estimate of drug-likeness (QED) is 0.708. The summed E-state index contributed by atoms with van der Waals surface area (Å²) in [5, 5.41) is 5.55. The van der Waals surface area contributed by atoms with E-state index in [4.69, 9.17) is 0 Å². The molecule has 0 aliphatic carbocycles. The Hall–Kier alpha value is -2.54. The third-order valence-corrected chi connectivity index (χ3v) is 4.96. The van der Waals surface area contributed by atoms with Crippen molar-refractivity contribution in [1.82, 2.24) is 5.32 Å². The zero-order chi connectivity index (χ0) is 18.3. The zero-order valence-corrected chi connectivity index (χ0v) is 15.2. The molecule has 0 heterocycles. The van der Waals surface area contributed by atoms with Gasteiger partial charge in [-0.15, -0.1) is 0 Å². The Bertz CT molecular complexity index is 821. The molecule has 0 saturated carbocycles. The van der Waals surface area contributed by atoms with Crippen molar-refractivity contribution in [3.63, 3.8) is 0 Å². The van der Waals surface area contributed by atoms with Gasteiger partial charge in [-0.3, -0.25) is 4.72 Å². The minimum absolute atomic E-state index is 0.0102. The molecular weight excluding hydrogens is 338 g/mol. The fourth-order valence-corrected chi connectivity index (χ4v) is 2.94. The number of carbonyl (C=O) groups excluding carboxylic acids is 1. The number of sulfonamides is 1. The predicted molar refractivity (Wildman–Crippen MR) is 101 cm³/mol. The molecule has 0 aromatic heterocycles. The maximum absolute atomic E-state index is 11.9. The first-order valence-electron chi connectivity index (χ1n) is 8.09. The number of amides is 2. The number of nitrogens with one attached hydrogen (secondary N) is 3. The number of hydrogen-bond donors (Lipinski definition) is 3. The average molecular weight is 361 g/mol. The molecule has 0 bridgehead atoms. The molecule has 25 heavy (non-hydrogen) atoms. The molecule has 2 rings (SSSR count).